The van der Waals surface area contributed by atoms with E-state index < -0.39 is 5.97 Å². The zero-order chi connectivity index (χ0) is 30.1. The summed E-state index contributed by atoms with van der Waals surface area (Å²) >= 11 is 10.2. The van der Waals surface area contributed by atoms with Gasteiger partial charge < -0.3 is 19.0 Å². The van der Waals surface area contributed by atoms with Gasteiger partial charge in [-0.05, 0) is 64.0 Å². The molecule has 0 aliphatic rings. The van der Waals surface area contributed by atoms with E-state index in [-0.39, 0.29) is 34.3 Å². The Morgan fingerprint density at radius 3 is 2.58 bits per heavy atom. The zero-order valence-corrected chi connectivity index (χ0v) is 24.8. The molecule has 0 aliphatic carbocycles. The minimum atomic E-state index is -1.01. The van der Waals surface area contributed by atoms with Crippen molar-refractivity contribution in [1.29, 1.82) is 0 Å². The van der Waals surface area contributed by atoms with Crippen LogP contribution in [0.5, 0.6) is 11.5 Å². The summed E-state index contributed by atoms with van der Waals surface area (Å²) in [6.45, 7) is 0.120. The van der Waals surface area contributed by atoms with Crippen LogP contribution in [0.4, 0.5) is 0 Å². The molecule has 0 aliphatic heterocycles. The van der Waals surface area contributed by atoms with Crippen molar-refractivity contribution in [3.63, 3.8) is 0 Å². The van der Waals surface area contributed by atoms with Gasteiger partial charge in [-0.25, -0.2) is 9.78 Å². The lowest BCUT2D eigenvalue weighted by molar-refractivity contribution is 0.0697. The molecule has 214 valence electrons. The molecule has 6 aromatic rings. The van der Waals surface area contributed by atoms with Crippen molar-refractivity contribution in [2.75, 3.05) is 7.11 Å². The second-order valence-corrected chi connectivity index (χ2v) is 10.5. The molecule has 11 heteroatoms. The third-order valence-electron chi connectivity index (χ3n) is 6.67. The van der Waals surface area contributed by atoms with Crippen LogP contribution in [0, 0.1) is 0 Å². The van der Waals surface area contributed by atoms with Crippen molar-refractivity contribution < 1.29 is 23.8 Å². The lowest BCUT2D eigenvalue weighted by Gasteiger charge is -2.15. The SMILES string of the molecule is COc1cc(C=Nn2c(-c3cc4ccccc4o3)nc3ccccc3c2=O)c(Br)c(Cl)c1OCc1ccc(C(=O)O)cc1. The first-order valence-electron chi connectivity index (χ1n) is 12.9. The Morgan fingerprint density at radius 2 is 1.84 bits per heavy atom. The lowest BCUT2D eigenvalue weighted by Crippen LogP contribution is -2.20. The highest BCUT2D eigenvalue weighted by Gasteiger charge is 2.19. The largest absolute Gasteiger partial charge is 0.493 e. The summed E-state index contributed by atoms with van der Waals surface area (Å²) in [5.41, 5.74) is 2.22. The number of carboxylic acids is 1. The number of aromatic nitrogens is 2. The average molecular weight is 659 g/mol. The minimum Gasteiger partial charge on any atom is -0.493 e. The number of halogens is 2. The maximum Gasteiger partial charge on any atom is 0.335 e. The van der Waals surface area contributed by atoms with Crippen LogP contribution in [0.15, 0.2) is 104 Å². The van der Waals surface area contributed by atoms with Gasteiger partial charge in [0.1, 0.15) is 17.2 Å². The van der Waals surface area contributed by atoms with E-state index in [0.717, 1.165) is 10.9 Å². The number of aromatic carboxylic acids is 1. The Balaban J connectivity index is 1.38. The summed E-state index contributed by atoms with van der Waals surface area (Å²) in [4.78, 5) is 29.5. The van der Waals surface area contributed by atoms with Crippen molar-refractivity contribution in [3.05, 3.63) is 121 Å². The molecule has 0 atom stereocenters. The summed E-state index contributed by atoms with van der Waals surface area (Å²) in [5.74, 6) is 0.223. The maximum atomic E-state index is 13.6. The van der Waals surface area contributed by atoms with Crippen LogP contribution < -0.4 is 15.0 Å². The van der Waals surface area contributed by atoms with E-state index in [4.69, 9.17) is 35.6 Å². The van der Waals surface area contributed by atoms with Crippen LogP contribution in [0.1, 0.15) is 21.5 Å². The Labute approximate surface area is 257 Å². The first kappa shape index (κ1) is 28.2. The summed E-state index contributed by atoms with van der Waals surface area (Å²) in [5, 5.41) is 15.1. The molecule has 0 unspecified atom stereocenters. The molecule has 0 spiro atoms. The van der Waals surface area contributed by atoms with Crippen molar-refractivity contribution in [2.24, 2.45) is 5.10 Å². The smallest absolute Gasteiger partial charge is 0.335 e. The number of carbonyl (C=O) groups is 1. The number of hydrogen-bond donors (Lipinski definition) is 1. The van der Waals surface area contributed by atoms with E-state index in [1.165, 1.54) is 30.1 Å². The molecule has 4 aromatic carbocycles. The number of fused-ring (bicyclic) bond motifs is 2. The van der Waals surface area contributed by atoms with E-state index in [2.05, 4.69) is 21.0 Å². The fourth-order valence-corrected chi connectivity index (χ4v) is 5.14. The summed E-state index contributed by atoms with van der Waals surface area (Å²) < 4.78 is 19.2. The molecule has 0 saturated heterocycles. The number of carboxylic acid groups (broad SMARTS) is 1. The molecule has 9 nitrogen and oxygen atoms in total. The third kappa shape index (κ3) is 5.50. The quantitative estimate of drug-likeness (QED) is 0.170. The predicted molar refractivity (Wildman–Crippen MR) is 168 cm³/mol. The van der Waals surface area contributed by atoms with E-state index >= 15 is 0 Å². The number of rotatable bonds is 8. The zero-order valence-electron chi connectivity index (χ0n) is 22.5. The molecular formula is C32H21BrClN3O6. The fourth-order valence-electron chi connectivity index (χ4n) is 4.49. The molecule has 6 rings (SSSR count). The van der Waals surface area contributed by atoms with Crippen LogP contribution in [0.25, 0.3) is 33.5 Å². The van der Waals surface area contributed by atoms with Gasteiger partial charge in [-0.2, -0.15) is 9.78 Å². The topological polar surface area (TPSA) is 116 Å². The second kappa shape index (κ2) is 11.7. The van der Waals surface area contributed by atoms with Gasteiger partial charge in [-0.15, -0.1) is 0 Å². The van der Waals surface area contributed by atoms with Crippen molar-refractivity contribution >= 4 is 61.6 Å². The first-order valence-corrected chi connectivity index (χ1v) is 14.1. The van der Waals surface area contributed by atoms with Crippen LogP contribution in [0.3, 0.4) is 0 Å². The Kier molecular flexibility index (Phi) is 7.71. The summed E-state index contributed by atoms with van der Waals surface area (Å²) in [6.07, 6.45) is 1.47. The summed E-state index contributed by atoms with van der Waals surface area (Å²) in [7, 11) is 1.48. The minimum absolute atomic E-state index is 0.120. The highest BCUT2D eigenvalue weighted by Crippen LogP contribution is 2.42. The number of hydrogen-bond acceptors (Lipinski definition) is 7. The van der Waals surface area contributed by atoms with Crippen molar-refractivity contribution in [3.8, 4) is 23.1 Å². The number of para-hydroxylation sites is 2. The highest BCUT2D eigenvalue weighted by molar-refractivity contribution is 9.10. The molecule has 0 fully saturated rings. The van der Waals surface area contributed by atoms with Crippen LogP contribution in [-0.4, -0.2) is 34.1 Å². The van der Waals surface area contributed by atoms with Gasteiger partial charge in [0.2, 0.25) is 5.82 Å². The van der Waals surface area contributed by atoms with Gasteiger partial charge in [-0.3, -0.25) is 4.79 Å². The normalized spacial score (nSPS) is 11.4. The predicted octanol–water partition coefficient (Wildman–Crippen LogP) is 7.39. The van der Waals surface area contributed by atoms with E-state index in [9.17, 15) is 9.59 Å². The molecule has 2 heterocycles. The fraction of sp³-hybridized carbons (Fsp3) is 0.0625. The Bertz CT molecular complexity index is 2070. The monoisotopic (exact) mass is 657 g/mol. The number of ether oxygens (including phenoxy) is 2. The van der Waals surface area contributed by atoms with Crippen molar-refractivity contribution in [2.45, 2.75) is 6.61 Å². The van der Waals surface area contributed by atoms with Crippen molar-refractivity contribution in [1.82, 2.24) is 9.66 Å². The number of furan rings is 1. The molecule has 0 saturated carbocycles. The van der Waals surface area contributed by atoms with Gasteiger partial charge in [0.15, 0.2) is 17.3 Å². The number of benzene rings is 4. The van der Waals surface area contributed by atoms with Gasteiger partial charge in [0.05, 0.1) is 29.8 Å². The number of nitrogens with zero attached hydrogens (tertiary/aromatic N) is 3. The lowest BCUT2D eigenvalue weighted by atomic mass is 10.1. The third-order valence-corrected chi connectivity index (χ3v) is 8.12. The van der Waals surface area contributed by atoms with Gasteiger partial charge in [0.25, 0.3) is 5.56 Å². The molecule has 2 aromatic heterocycles. The van der Waals surface area contributed by atoms with Crippen LogP contribution in [0.2, 0.25) is 5.02 Å². The molecule has 43 heavy (non-hydrogen) atoms. The molecular weight excluding hydrogens is 638 g/mol. The molecule has 0 amide bonds. The van der Waals surface area contributed by atoms with E-state index in [0.29, 0.717) is 38.0 Å². The van der Waals surface area contributed by atoms with Gasteiger partial charge in [0, 0.05) is 15.4 Å². The Hall–Kier alpha value is -4.93. The standard InChI is InChI=1S/C32H21BrClN3O6/c1-41-25-15-21(27(33)28(34)29(25)42-17-18-10-12-19(13-11-18)32(39)40)16-35-37-30(26-14-20-6-2-5-9-24(20)43-26)36-23-8-4-3-7-22(23)31(37)38/h2-16H,17H2,1H3,(H,39,40). The first-order chi connectivity index (χ1) is 20.8. The van der Waals surface area contributed by atoms with E-state index in [1.54, 1.807) is 36.4 Å². The molecule has 0 bridgehead atoms. The number of methoxy groups -OCH3 is 1. The Morgan fingerprint density at radius 1 is 1.09 bits per heavy atom. The summed E-state index contributed by atoms with van der Waals surface area (Å²) in [6, 6.07) is 24.3. The van der Waals surface area contributed by atoms with Gasteiger partial charge >= 0.3 is 5.97 Å². The molecule has 1 N–H and O–H groups in total. The van der Waals surface area contributed by atoms with E-state index in [1.807, 2.05) is 36.4 Å². The average Bonchev–Trinajstić information content (AvgIpc) is 3.46. The van der Waals surface area contributed by atoms with Gasteiger partial charge in [-0.1, -0.05) is 54.1 Å². The van der Waals surface area contributed by atoms with Crippen LogP contribution in [-0.2, 0) is 6.61 Å². The highest BCUT2D eigenvalue weighted by atomic mass is 79.9. The molecule has 0 radical (unpaired) electrons. The van der Waals surface area contributed by atoms with Crippen LogP contribution >= 0.6 is 27.5 Å². The maximum absolute atomic E-state index is 13.6. The second-order valence-electron chi connectivity index (χ2n) is 9.38.